The molecule has 3 atom stereocenters. The van der Waals surface area contributed by atoms with Crippen molar-refractivity contribution in [2.75, 3.05) is 31.1 Å². The summed E-state index contributed by atoms with van der Waals surface area (Å²) in [6, 6.07) is 10.1. The fourth-order valence-electron chi connectivity index (χ4n) is 3.71. The molecule has 1 aromatic carbocycles. The smallest absolute Gasteiger partial charge is 0.225 e. The molecule has 0 radical (unpaired) electrons. The predicted octanol–water partition coefficient (Wildman–Crippen LogP) is 2.06. The lowest BCUT2D eigenvalue weighted by Crippen LogP contribution is -2.46. The SMILES string of the molecule is Cl.Cl.N[C@@H]1C[C@@H](C(=O)N2CCCN(c3ccccc3)CC2)CC[C@H]1O. The Labute approximate surface area is 162 Å². The lowest BCUT2D eigenvalue weighted by Gasteiger charge is -2.33. The van der Waals surface area contributed by atoms with Crippen LogP contribution in [0.1, 0.15) is 25.7 Å². The summed E-state index contributed by atoms with van der Waals surface area (Å²) in [5.41, 5.74) is 7.16. The van der Waals surface area contributed by atoms with Gasteiger partial charge in [-0.3, -0.25) is 4.79 Å². The molecule has 25 heavy (non-hydrogen) atoms. The van der Waals surface area contributed by atoms with Gasteiger partial charge >= 0.3 is 0 Å². The molecule has 2 fully saturated rings. The molecule has 1 heterocycles. The zero-order chi connectivity index (χ0) is 16.2. The summed E-state index contributed by atoms with van der Waals surface area (Å²) in [5.74, 6) is 0.207. The van der Waals surface area contributed by atoms with Crippen molar-refractivity contribution in [1.29, 1.82) is 0 Å². The van der Waals surface area contributed by atoms with Crippen LogP contribution in [0.25, 0.3) is 0 Å². The van der Waals surface area contributed by atoms with Gasteiger partial charge in [-0.05, 0) is 37.8 Å². The van der Waals surface area contributed by atoms with E-state index in [1.54, 1.807) is 0 Å². The van der Waals surface area contributed by atoms with Gasteiger partial charge in [-0.1, -0.05) is 18.2 Å². The highest BCUT2D eigenvalue weighted by atomic mass is 35.5. The summed E-state index contributed by atoms with van der Waals surface area (Å²) in [7, 11) is 0. The molecule has 1 amide bonds. The fraction of sp³-hybridized carbons (Fsp3) is 0.611. The van der Waals surface area contributed by atoms with Gasteiger partial charge in [-0.15, -0.1) is 24.8 Å². The number of rotatable bonds is 2. The topological polar surface area (TPSA) is 69.8 Å². The summed E-state index contributed by atoms with van der Waals surface area (Å²) in [4.78, 5) is 17.1. The van der Waals surface area contributed by atoms with Crippen molar-refractivity contribution < 1.29 is 9.90 Å². The van der Waals surface area contributed by atoms with Gasteiger partial charge in [0.25, 0.3) is 0 Å². The van der Waals surface area contributed by atoms with Crippen molar-refractivity contribution in [3.8, 4) is 0 Å². The average molecular weight is 390 g/mol. The second-order valence-corrected chi connectivity index (χ2v) is 6.74. The number of halogens is 2. The van der Waals surface area contributed by atoms with Crippen molar-refractivity contribution >= 4 is 36.4 Å². The van der Waals surface area contributed by atoms with Crippen molar-refractivity contribution in [3.05, 3.63) is 30.3 Å². The number of anilines is 1. The third-order valence-electron chi connectivity index (χ3n) is 5.14. The van der Waals surface area contributed by atoms with Crippen LogP contribution in [-0.2, 0) is 4.79 Å². The Morgan fingerprint density at radius 1 is 1.04 bits per heavy atom. The number of para-hydroxylation sites is 1. The first-order valence-electron chi connectivity index (χ1n) is 8.67. The maximum Gasteiger partial charge on any atom is 0.225 e. The molecule has 1 aliphatic carbocycles. The molecule has 0 spiro atoms. The van der Waals surface area contributed by atoms with E-state index in [0.717, 1.165) is 39.0 Å². The van der Waals surface area contributed by atoms with Gasteiger partial charge in [0, 0.05) is 43.8 Å². The second-order valence-electron chi connectivity index (χ2n) is 6.74. The molecule has 3 N–H and O–H groups in total. The Kier molecular flexibility index (Phi) is 9.00. The lowest BCUT2D eigenvalue weighted by atomic mass is 9.83. The molecule has 3 rings (SSSR count). The van der Waals surface area contributed by atoms with Crippen LogP contribution in [0.4, 0.5) is 5.69 Å². The van der Waals surface area contributed by atoms with Gasteiger partial charge in [0.15, 0.2) is 0 Å². The number of nitrogens with zero attached hydrogens (tertiary/aromatic N) is 2. The molecule has 1 aliphatic heterocycles. The first kappa shape index (κ1) is 22.0. The van der Waals surface area contributed by atoms with Crippen LogP contribution in [0.3, 0.4) is 0 Å². The zero-order valence-corrected chi connectivity index (χ0v) is 16.1. The number of amides is 1. The van der Waals surface area contributed by atoms with Crippen LogP contribution in [0.5, 0.6) is 0 Å². The van der Waals surface area contributed by atoms with Gasteiger partial charge in [0.05, 0.1) is 6.10 Å². The molecule has 7 heteroatoms. The summed E-state index contributed by atoms with van der Waals surface area (Å²) < 4.78 is 0. The van der Waals surface area contributed by atoms with Gasteiger partial charge in [0.1, 0.15) is 0 Å². The highest BCUT2D eigenvalue weighted by molar-refractivity contribution is 5.85. The van der Waals surface area contributed by atoms with E-state index in [-0.39, 0.29) is 42.7 Å². The monoisotopic (exact) mass is 389 g/mol. The molecule has 0 bridgehead atoms. The minimum atomic E-state index is -0.447. The van der Waals surface area contributed by atoms with Gasteiger partial charge in [0.2, 0.25) is 5.91 Å². The number of aliphatic hydroxyl groups is 1. The van der Waals surface area contributed by atoms with Gasteiger partial charge in [-0.25, -0.2) is 0 Å². The molecule has 2 aliphatic rings. The van der Waals surface area contributed by atoms with Crippen LogP contribution < -0.4 is 10.6 Å². The maximum atomic E-state index is 12.8. The zero-order valence-electron chi connectivity index (χ0n) is 14.4. The van der Waals surface area contributed by atoms with E-state index in [9.17, 15) is 9.90 Å². The highest BCUT2D eigenvalue weighted by Gasteiger charge is 2.33. The minimum absolute atomic E-state index is 0. The molecular formula is C18H29Cl2N3O2. The molecule has 142 valence electrons. The Balaban J connectivity index is 0.00000156. The Bertz CT molecular complexity index is 532. The Morgan fingerprint density at radius 3 is 2.44 bits per heavy atom. The Hall–Kier alpha value is -1.01. The minimum Gasteiger partial charge on any atom is -0.392 e. The normalized spacial score (nSPS) is 26.9. The quantitative estimate of drug-likeness (QED) is 0.811. The second kappa shape index (κ2) is 10.2. The summed E-state index contributed by atoms with van der Waals surface area (Å²) in [5, 5.41) is 9.74. The molecule has 0 aromatic heterocycles. The maximum absolute atomic E-state index is 12.8. The van der Waals surface area contributed by atoms with Gasteiger partial charge in [-0.2, -0.15) is 0 Å². The van der Waals surface area contributed by atoms with E-state index in [1.165, 1.54) is 5.69 Å². The predicted molar refractivity (Wildman–Crippen MR) is 106 cm³/mol. The third-order valence-corrected chi connectivity index (χ3v) is 5.14. The molecule has 1 saturated carbocycles. The van der Waals surface area contributed by atoms with E-state index in [2.05, 4.69) is 29.2 Å². The number of nitrogens with two attached hydrogens (primary N) is 1. The first-order chi connectivity index (χ1) is 11.1. The lowest BCUT2D eigenvalue weighted by molar-refractivity contribution is -0.137. The van der Waals surface area contributed by atoms with Crippen LogP contribution in [0.2, 0.25) is 0 Å². The summed E-state index contributed by atoms with van der Waals surface area (Å²) in [6.45, 7) is 3.44. The van der Waals surface area contributed by atoms with E-state index >= 15 is 0 Å². The van der Waals surface area contributed by atoms with E-state index in [4.69, 9.17) is 5.73 Å². The average Bonchev–Trinajstić information content (AvgIpc) is 2.83. The van der Waals surface area contributed by atoms with Gasteiger partial charge < -0.3 is 20.6 Å². The number of carbonyl (C=O) groups excluding carboxylic acids is 1. The largest absolute Gasteiger partial charge is 0.392 e. The number of hydrogen-bond donors (Lipinski definition) is 2. The molecular weight excluding hydrogens is 361 g/mol. The summed E-state index contributed by atoms with van der Waals surface area (Å²) in [6.07, 6.45) is 2.55. The number of carbonyl (C=O) groups is 1. The van der Waals surface area contributed by atoms with Crippen LogP contribution >= 0.6 is 24.8 Å². The fourth-order valence-corrected chi connectivity index (χ4v) is 3.71. The van der Waals surface area contributed by atoms with Crippen molar-refractivity contribution in [3.63, 3.8) is 0 Å². The van der Waals surface area contributed by atoms with Crippen molar-refractivity contribution in [2.45, 2.75) is 37.8 Å². The third kappa shape index (κ3) is 5.48. The molecule has 5 nitrogen and oxygen atoms in total. The first-order valence-corrected chi connectivity index (χ1v) is 8.67. The van der Waals surface area contributed by atoms with Crippen LogP contribution in [-0.4, -0.2) is 54.2 Å². The molecule has 1 aromatic rings. The number of hydrogen-bond acceptors (Lipinski definition) is 4. The van der Waals surface area contributed by atoms with Crippen LogP contribution in [0, 0.1) is 5.92 Å². The van der Waals surface area contributed by atoms with Crippen molar-refractivity contribution in [1.82, 2.24) is 4.90 Å². The highest BCUT2D eigenvalue weighted by Crippen LogP contribution is 2.26. The molecule has 1 saturated heterocycles. The number of aliphatic hydroxyl groups excluding tert-OH is 1. The summed E-state index contributed by atoms with van der Waals surface area (Å²) >= 11 is 0. The van der Waals surface area contributed by atoms with Crippen LogP contribution in [0.15, 0.2) is 30.3 Å². The standard InChI is InChI=1S/C18H27N3O2.2ClH/c19-16-13-14(7-8-17(16)22)18(23)21-10-4-9-20(11-12-21)15-5-2-1-3-6-15;;/h1-3,5-6,14,16-17,22H,4,7-13,19H2;2*1H/t14-,16+,17+;;/m0../s1. The number of benzene rings is 1. The van der Waals surface area contributed by atoms with Crippen molar-refractivity contribution in [2.24, 2.45) is 11.7 Å². The van der Waals surface area contributed by atoms with E-state index < -0.39 is 6.10 Å². The van der Waals surface area contributed by atoms with E-state index in [0.29, 0.717) is 12.8 Å². The van der Waals surface area contributed by atoms with E-state index in [1.807, 2.05) is 11.0 Å². The Morgan fingerprint density at radius 2 is 1.76 bits per heavy atom. The molecule has 0 unspecified atom stereocenters.